The molecule has 1 aliphatic rings. The molecule has 1 heterocycles. The Hall–Kier alpha value is -1.07. The Bertz CT molecular complexity index is 456. The van der Waals surface area contributed by atoms with Crippen LogP contribution in [0, 0.1) is 5.92 Å². The molecule has 1 aromatic rings. The average Bonchev–Trinajstić information content (AvgIpc) is 2.30. The van der Waals surface area contributed by atoms with E-state index in [4.69, 9.17) is 17.3 Å². The number of halogens is 1. The summed E-state index contributed by atoms with van der Waals surface area (Å²) >= 11 is 6.00. The smallest absolute Gasteiger partial charge is 0.291 e. The Morgan fingerprint density at radius 3 is 2.94 bits per heavy atom. The molecule has 2 rings (SSSR count). The van der Waals surface area contributed by atoms with Gasteiger partial charge in [0.25, 0.3) is 5.56 Å². The summed E-state index contributed by atoms with van der Waals surface area (Å²) < 4.78 is 1.51. The van der Waals surface area contributed by atoms with E-state index in [1.54, 1.807) is 0 Å². The number of nitrogens with two attached hydrogens (primary N) is 1. The van der Waals surface area contributed by atoms with Crippen LogP contribution in [0.4, 0.5) is 5.69 Å². The van der Waals surface area contributed by atoms with Gasteiger partial charge in [-0.1, -0.05) is 18.0 Å². The third-order valence-electron chi connectivity index (χ3n) is 3.34. The van der Waals surface area contributed by atoms with Crippen LogP contribution in [-0.4, -0.2) is 22.9 Å². The van der Waals surface area contributed by atoms with E-state index in [0.29, 0.717) is 36.3 Å². The molecule has 100 valence electrons. The highest BCUT2D eigenvalue weighted by atomic mass is 35.5. The number of rotatable bonds is 6. The molecule has 6 heteroatoms. The highest BCUT2D eigenvalue weighted by molar-refractivity contribution is 6.32. The highest BCUT2D eigenvalue weighted by Crippen LogP contribution is 2.27. The van der Waals surface area contributed by atoms with Crippen molar-refractivity contribution in [3.05, 3.63) is 21.6 Å². The van der Waals surface area contributed by atoms with Gasteiger partial charge in [0.15, 0.2) is 0 Å². The second kappa shape index (κ2) is 6.20. The van der Waals surface area contributed by atoms with Gasteiger partial charge >= 0.3 is 0 Å². The van der Waals surface area contributed by atoms with Gasteiger partial charge in [0, 0.05) is 13.1 Å². The SMILES string of the molecule is NCCCNc1c(Cl)cnn(CC2CCC2)c1=O. The van der Waals surface area contributed by atoms with E-state index >= 15 is 0 Å². The molecule has 0 aromatic carbocycles. The van der Waals surface area contributed by atoms with Crippen LogP contribution in [0.2, 0.25) is 5.02 Å². The van der Waals surface area contributed by atoms with E-state index in [9.17, 15) is 4.79 Å². The molecule has 1 fully saturated rings. The normalized spacial score (nSPS) is 15.4. The maximum Gasteiger partial charge on any atom is 0.291 e. The topological polar surface area (TPSA) is 72.9 Å². The third-order valence-corrected chi connectivity index (χ3v) is 3.62. The molecule has 0 saturated heterocycles. The summed E-state index contributed by atoms with van der Waals surface area (Å²) in [5.41, 5.74) is 5.73. The fourth-order valence-electron chi connectivity index (χ4n) is 1.99. The molecule has 1 aromatic heterocycles. The first-order valence-corrected chi connectivity index (χ1v) is 6.79. The van der Waals surface area contributed by atoms with Crippen molar-refractivity contribution in [2.24, 2.45) is 11.7 Å². The predicted octanol–water partition coefficient (Wildman–Crippen LogP) is 1.46. The van der Waals surface area contributed by atoms with Crippen molar-refractivity contribution in [3.8, 4) is 0 Å². The Morgan fingerprint density at radius 1 is 1.56 bits per heavy atom. The summed E-state index contributed by atoms with van der Waals surface area (Å²) in [7, 11) is 0. The van der Waals surface area contributed by atoms with Crippen LogP contribution in [0.5, 0.6) is 0 Å². The van der Waals surface area contributed by atoms with Gasteiger partial charge in [-0.15, -0.1) is 0 Å². The minimum Gasteiger partial charge on any atom is -0.379 e. The molecule has 18 heavy (non-hydrogen) atoms. The zero-order valence-electron chi connectivity index (χ0n) is 10.4. The summed E-state index contributed by atoms with van der Waals surface area (Å²) in [6.45, 7) is 1.94. The Balaban J connectivity index is 2.11. The molecule has 0 radical (unpaired) electrons. The lowest BCUT2D eigenvalue weighted by atomic mass is 9.85. The van der Waals surface area contributed by atoms with Gasteiger partial charge in [0.1, 0.15) is 5.69 Å². The monoisotopic (exact) mass is 270 g/mol. The lowest BCUT2D eigenvalue weighted by molar-refractivity contribution is 0.262. The Morgan fingerprint density at radius 2 is 2.33 bits per heavy atom. The quantitative estimate of drug-likeness (QED) is 0.768. The fraction of sp³-hybridized carbons (Fsp3) is 0.667. The van der Waals surface area contributed by atoms with E-state index < -0.39 is 0 Å². The van der Waals surface area contributed by atoms with Crippen LogP contribution in [0.25, 0.3) is 0 Å². The molecular formula is C12H19ClN4O. The van der Waals surface area contributed by atoms with E-state index in [-0.39, 0.29) is 5.56 Å². The van der Waals surface area contributed by atoms with Crippen molar-refractivity contribution in [3.63, 3.8) is 0 Å². The zero-order valence-corrected chi connectivity index (χ0v) is 11.1. The Labute approximate surface area is 111 Å². The van der Waals surface area contributed by atoms with Crippen molar-refractivity contribution >= 4 is 17.3 Å². The molecule has 0 spiro atoms. The summed E-state index contributed by atoms with van der Waals surface area (Å²) in [4.78, 5) is 12.2. The summed E-state index contributed by atoms with van der Waals surface area (Å²) in [5, 5.41) is 7.52. The summed E-state index contributed by atoms with van der Waals surface area (Å²) in [6, 6.07) is 0. The minimum absolute atomic E-state index is 0.133. The van der Waals surface area contributed by atoms with Gasteiger partial charge in [-0.25, -0.2) is 4.68 Å². The number of aromatic nitrogens is 2. The molecule has 3 N–H and O–H groups in total. The second-order valence-electron chi connectivity index (χ2n) is 4.72. The molecule has 1 saturated carbocycles. The van der Waals surface area contributed by atoms with Gasteiger partial charge < -0.3 is 11.1 Å². The van der Waals surface area contributed by atoms with E-state index in [2.05, 4.69) is 10.4 Å². The van der Waals surface area contributed by atoms with Crippen LogP contribution in [0.1, 0.15) is 25.7 Å². The van der Waals surface area contributed by atoms with Crippen LogP contribution >= 0.6 is 11.6 Å². The van der Waals surface area contributed by atoms with E-state index in [0.717, 1.165) is 6.42 Å². The second-order valence-corrected chi connectivity index (χ2v) is 5.13. The molecular weight excluding hydrogens is 252 g/mol. The number of hydrogen-bond donors (Lipinski definition) is 2. The largest absolute Gasteiger partial charge is 0.379 e. The van der Waals surface area contributed by atoms with E-state index in [1.807, 2.05) is 0 Å². The van der Waals surface area contributed by atoms with Crippen molar-refractivity contribution in [1.82, 2.24) is 9.78 Å². The molecule has 0 atom stereocenters. The third kappa shape index (κ3) is 3.03. The van der Waals surface area contributed by atoms with Crippen LogP contribution < -0.4 is 16.6 Å². The number of nitrogens with zero attached hydrogens (tertiary/aromatic N) is 2. The average molecular weight is 271 g/mol. The Kier molecular flexibility index (Phi) is 4.60. The van der Waals surface area contributed by atoms with Crippen molar-refractivity contribution in [2.75, 3.05) is 18.4 Å². The maximum absolute atomic E-state index is 12.2. The molecule has 1 aliphatic carbocycles. The van der Waals surface area contributed by atoms with Gasteiger partial charge in [-0.3, -0.25) is 4.79 Å². The van der Waals surface area contributed by atoms with Crippen molar-refractivity contribution < 1.29 is 0 Å². The molecule has 0 aliphatic heterocycles. The zero-order chi connectivity index (χ0) is 13.0. The molecule has 5 nitrogen and oxygen atoms in total. The number of anilines is 1. The van der Waals surface area contributed by atoms with Gasteiger partial charge in [0.2, 0.25) is 0 Å². The lowest BCUT2D eigenvalue weighted by Crippen LogP contribution is -2.31. The first-order chi connectivity index (χ1) is 8.72. The fourth-order valence-corrected chi connectivity index (χ4v) is 2.19. The molecule has 0 bridgehead atoms. The molecule has 0 amide bonds. The first kappa shape index (κ1) is 13.4. The maximum atomic E-state index is 12.2. The highest BCUT2D eigenvalue weighted by Gasteiger charge is 2.20. The van der Waals surface area contributed by atoms with Crippen LogP contribution in [-0.2, 0) is 6.54 Å². The van der Waals surface area contributed by atoms with Gasteiger partial charge in [-0.05, 0) is 31.7 Å². The standard InChI is InChI=1S/C12H19ClN4O/c13-10-7-16-17(8-9-3-1-4-9)12(18)11(10)15-6-2-5-14/h7,9,15H,1-6,8,14H2. The number of nitrogens with one attached hydrogen (secondary N) is 1. The van der Waals surface area contributed by atoms with Gasteiger partial charge in [-0.2, -0.15) is 5.10 Å². The van der Waals surface area contributed by atoms with Gasteiger partial charge in [0.05, 0.1) is 11.2 Å². The number of hydrogen-bond acceptors (Lipinski definition) is 4. The minimum atomic E-state index is -0.133. The van der Waals surface area contributed by atoms with Crippen molar-refractivity contribution in [2.45, 2.75) is 32.2 Å². The molecule has 0 unspecified atom stereocenters. The summed E-state index contributed by atoms with van der Waals surface area (Å²) in [6.07, 6.45) is 5.97. The lowest BCUT2D eigenvalue weighted by Gasteiger charge is -2.25. The van der Waals surface area contributed by atoms with Crippen LogP contribution in [0.3, 0.4) is 0 Å². The first-order valence-electron chi connectivity index (χ1n) is 6.42. The van der Waals surface area contributed by atoms with Crippen LogP contribution in [0.15, 0.2) is 11.0 Å². The predicted molar refractivity (Wildman–Crippen MR) is 73.0 cm³/mol. The van der Waals surface area contributed by atoms with E-state index in [1.165, 1.54) is 30.1 Å². The summed E-state index contributed by atoms with van der Waals surface area (Å²) in [5.74, 6) is 0.591. The van der Waals surface area contributed by atoms with Crippen molar-refractivity contribution in [1.29, 1.82) is 0 Å².